The predicted molar refractivity (Wildman–Crippen MR) is 67.2 cm³/mol. The number of hydrogen-bond donors (Lipinski definition) is 1. The van der Waals surface area contributed by atoms with Crippen molar-refractivity contribution < 1.29 is 4.92 Å². The lowest BCUT2D eigenvalue weighted by atomic mass is 10.1. The van der Waals surface area contributed by atoms with Gasteiger partial charge >= 0.3 is 5.82 Å². The fourth-order valence-electron chi connectivity index (χ4n) is 1.56. The molecule has 0 saturated heterocycles. The van der Waals surface area contributed by atoms with Gasteiger partial charge in [0.15, 0.2) is 6.20 Å². The van der Waals surface area contributed by atoms with Crippen LogP contribution in [-0.2, 0) is 0 Å². The average Bonchev–Trinajstić information content (AvgIpc) is 2.40. The summed E-state index contributed by atoms with van der Waals surface area (Å²) >= 11 is 0. The molecule has 2 aromatic heterocycles. The molecule has 0 saturated carbocycles. The maximum atomic E-state index is 10.5. The van der Waals surface area contributed by atoms with Crippen LogP contribution in [0, 0.1) is 10.1 Å². The number of pyridine rings is 2. The third-order valence-corrected chi connectivity index (χ3v) is 2.52. The van der Waals surface area contributed by atoms with Crippen LogP contribution in [0.15, 0.2) is 42.9 Å². The van der Waals surface area contributed by atoms with E-state index in [1.165, 1.54) is 12.3 Å². The van der Waals surface area contributed by atoms with Crippen LogP contribution in [0.5, 0.6) is 0 Å². The van der Waals surface area contributed by atoms with Gasteiger partial charge in [-0.15, -0.1) is 0 Å². The average molecular weight is 244 g/mol. The molecule has 6 heteroatoms. The molecule has 0 aliphatic heterocycles. The molecular weight excluding hydrogens is 232 g/mol. The largest absolute Gasteiger partial charge is 0.375 e. The highest BCUT2D eigenvalue weighted by Crippen LogP contribution is 2.19. The Morgan fingerprint density at radius 3 is 2.56 bits per heavy atom. The molecule has 0 aliphatic rings. The molecule has 1 N–H and O–H groups in total. The normalized spacial score (nSPS) is 11.8. The number of hydrogen-bond acceptors (Lipinski definition) is 5. The molecule has 1 unspecified atom stereocenters. The fraction of sp³-hybridized carbons (Fsp3) is 0.167. The number of aromatic nitrogens is 2. The van der Waals surface area contributed by atoms with Crippen molar-refractivity contribution in [3.63, 3.8) is 0 Å². The van der Waals surface area contributed by atoms with Crippen LogP contribution >= 0.6 is 0 Å². The van der Waals surface area contributed by atoms with Gasteiger partial charge < -0.3 is 15.4 Å². The van der Waals surface area contributed by atoms with Gasteiger partial charge in [-0.2, -0.15) is 0 Å². The second-order valence-electron chi connectivity index (χ2n) is 3.81. The second-order valence-corrected chi connectivity index (χ2v) is 3.81. The summed E-state index contributed by atoms with van der Waals surface area (Å²) in [4.78, 5) is 17.7. The van der Waals surface area contributed by atoms with Gasteiger partial charge in [0.05, 0.1) is 5.69 Å². The Hall–Kier alpha value is -2.50. The summed E-state index contributed by atoms with van der Waals surface area (Å²) in [6.45, 7) is 2.00. The molecule has 0 aromatic carbocycles. The Morgan fingerprint density at radius 2 is 2.00 bits per heavy atom. The van der Waals surface area contributed by atoms with Gasteiger partial charge in [-0.1, -0.05) is 0 Å². The van der Waals surface area contributed by atoms with Gasteiger partial charge in [-0.05, 0) is 40.6 Å². The van der Waals surface area contributed by atoms with Crippen LogP contribution in [0.3, 0.4) is 0 Å². The molecule has 0 bridgehead atoms. The van der Waals surface area contributed by atoms with Crippen molar-refractivity contribution in [1.82, 2.24) is 9.97 Å². The quantitative estimate of drug-likeness (QED) is 0.660. The van der Waals surface area contributed by atoms with E-state index >= 15 is 0 Å². The van der Waals surface area contributed by atoms with Gasteiger partial charge in [0.1, 0.15) is 0 Å². The first-order valence-electron chi connectivity index (χ1n) is 5.44. The fourth-order valence-corrected chi connectivity index (χ4v) is 1.56. The zero-order chi connectivity index (χ0) is 13.0. The molecule has 0 radical (unpaired) electrons. The van der Waals surface area contributed by atoms with Crippen molar-refractivity contribution in [3.05, 3.63) is 58.5 Å². The van der Waals surface area contributed by atoms with E-state index < -0.39 is 4.92 Å². The Morgan fingerprint density at radius 1 is 1.28 bits per heavy atom. The highest BCUT2D eigenvalue weighted by molar-refractivity contribution is 5.45. The van der Waals surface area contributed by atoms with Gasteiger partial charge in [0.25, 0.3) is 0 Å². The highest BCUT2D eigenvalue weighted by atomic mass is 16.6. The van der Waals surface area contributed by atoms with Gasteiger partial charge in [0.2, 0.25) is 0 Å². The smallest absolute Gasteiger partial charge is 0.363 e. The standard InChI is InChI=1S/C12H12N4O2/c1-9(10-4-6-13-7-5-10)15-11-2-3-12(14-8-11)16(17)18/h2-9,15H,1H3. The molecule has 2 rings (SSSR count). The van der Waals surface area contributed by atoms with E-state index in [1.807, 2.05) is 19.1 Å². The number of nitrogens with zero attached hydrogens (tertiary/aromatic N) is 3. The summed E-state index contributed by atoms with van der Waals surface area (Å²) in [6.07, 6.45) is 4.90. The van der Waals surface area contributed by atoms with E-state index in [2.05, 4.69) is 15.3 Å². The third-order valence-electron chi connectivity index (χ3n) is 2.52. The first-order chi connectivity index (χ1) is 8.66. The summed E-state index contributed by atoms with van der Waals surface area (Å²) < 4.78 is 0. The number of rotatable bonds is 4. The van der Waals surface area contributed by atoms with Crippen molar-refractivity contribution in [2.75, 3.05) is 5.32 Å². The van der Waals surface area contributed by atoms with E-state index in [-0.39, 0.29) is 11.9 Å². The van der Waals surface area contributed by atoms with E-state index in [1.54, 1.807) is 18.5 Å². The van der Waals surface area contributed by atoms with Crippen LogP contribution in [0.1, 0.15) is 18.5 Å². The van der Waals surface area contributed by atoms with Crippen molar-refractivity contribution in [1.29, 1.82) is 0 Å². The minimum absolute atomic E-state index is 0.0799. The highest BCUT2D eigenvalue weighted by Gasteiger charge is 2.09. The molecule has 2 aromatic rings. The van der Waals surface area contributed by atoms with Gasteiger partial charge in [-0.3, -0.25) is 4.98 Å². The Bertz CT molecular complexity index is 528. The number of anilines is 1. The molecular formula is C12H12N4O2. The van der Waals surface area contributed by atoms with Crippen molar-refractivity contribution >= 4 is 11.5 Å². The lowest BCUT2D eigenvalue weighted by molar-refractivity contribution is -0.389. The van der Waals surface area contributed by atoms with E-state index in [0.29, 0.717) is 0 Å². The topological polar surface area (TPSA) is 81.0 Å². The van der Waals surface area contributed by atoms with E-state index in [9.17, 15) is 10.1 Å². The Balaban J connectivity index is 2.08. The van der Waals surface area contributed by atoms with Crippen LogP contribution < -0.4 is 5.32 Å². The van der Waals surface area contributed by atoms with E-state index in [4.69, 9.17) is 0 Å². The minimum atomic E-state index is -0.518. The van der Waals surface area contributed by atoms with Crippen LogP contribution in [0.25, 0.3) is 0 Å². The Labute approximate surface area is 104 Å². The maximum absolute atomic E-state index is 10.5. The lowest BCUT2D eigenvalue weighted by Crippen LogP contribution is -2.07. The second kappa shape index (κ2) is 5.22. The molecule has 92 valence electrons. The number of nitro groups is 1. The van der Waals surface area contributed by atoms with E-state index in [0.717, 1.165) is 11.3 Å². The van der Waals surface area contributed by atoms with Crippen LogP contribution in [-0.4, -0.2) is 14.9 Å². The summed E-state index contributed by atoms with van der Waals surface area (Å²) in [5.41, 5.74) is 1.83. The predicted octanol–water partition coefficient (Wildman–Crippen LogP) is 2.56. The maximum Gasteiger partial charge on any atom is 0.363 e. The summed E-state index contributed by atoms with van der Waals surface area (Å²) in [7, 11) is 0. The number of nitrogens with one attached hydrogen (secondary N) is 1. The molecule has 1 atom stereocenters. The lowest BCUT2D eigenvalue weighted by Gasteiger charge is -2.14. The monoisotopic (exact) mass is 244 g/mol. The van der Waals surface area contributed by atoms with Gasteiger partial charge in [-0.25, -0.2) is 0 Å². The summed E-state index contributed by atoms with van der Waals surface area (Å²) in [6, 6.07) is 6.92. The molecule has 0 fully saturated rings. The van der Waals surface area contributed by atoms with Gasteiger partial charge in [0, 0.05) is 24.5 Å². The first-order valence-corrected chi connectivity index (χ1v) is 5.44. The Kier molecular flexibility index (Phi) is 3.47. The third kappa shape index (κ3) is 2.79. The molecule has 6 nitrogen and oxygen atoms in total. The molecule has 0 aliphatic carbocycles. The van der Waals surface area contributed by atoms with Crippen molar-refractivity contribution in [2.24, 2.45) is 0 Å². The SMILES string of the molecule is CC(Nc1ccc([N+](=O)[O-])nc1)c1ccncc1. The van der Waals surface area contributed by atoms with Crippen molar-refractivity contribution in [2.45, 2.75) is 13.0 Å². The van der Waals surface area contributed by atoms with Crippen LogP contribution in [0.2, 0.25) is 0 Å². The molecule has 18 heavy (non-hydrogen) atoms. The summed E-state index contributed by atoms with van der Waals surface area (Å²) in [5, 5.41) is 13.7. The first kappa shape index (κ1) is 12.0. The van der Waals surface area contributed by atoms with Crippen molar-refractivity contribution in [3.8, 4) is 0 Å². The molecule has 0 spiro atoms. The van der Waals surface area contributed by atoms with Crippen LogP contribution in [0.4, 0.5) is 11.5 Å². The zero-order valence-corrected chi connectivity index (χ0v) is 9.78. The minimum Gasteiger partial charge on any atom is -0.375 e. The molecule has 2 heterocycles. The molecule has 0 amide bonds. The zero-order valence-electron chi connectivity index (χ0n) is 9.78. The summed E-state index contributed by atoms with van der Waals surface area (Å²) in [5.74, 6) is -0.155.